The van der Waals surface area contributed by atoms with Gasteiger partial charge in [0, 0.05) is 24.0 Å². The highest BCUT2D eigenvalue weighted by molar-refractivity contribution is 5.98. The molecular formula is C29H19F7N4O3. The molecule has 4 aromatic rings. The molecule has 222 valence electrons. The highest BCUT2D eigenvalue weighted by Crippen LogP contribution is 2.40. The lowest BCUT2D eigenvalue weighted by Crippen LogP contribution is -2.42. The van der Waals surface area contributed by atoms with Gasteiger partial charge in [0.15, 0.2) is 0 Å². The van der Waals surface area contributed by atoms with Gasteiger partial charge >= 0.3 is 18.4 Å². The lowest BCUT2D eigenvalue weighted by Gasteiger charge is -2.25. The van der Waals surface area contributed by atoms with E-state index in [1.54, 1.807) is 0 Å². The number of pyridine rings is 1. The maximum Gasteiger partial charge on any atom is 0.433 e. The van der Waals surface area contributed by atoms with Crippen molar-refractivity contribution in [1.82, 2.24) is 20.5 Å². The van der Waals surface area contributed by atoms with Gasteiger partial charge in [0.25, 0.3) is 5.91 Å². The number of urea groups is 1. The number of fused-ring (bicyclic) bond motifs is 2. The quantitative estimate of drug-likeness (QED) is 0.202. The predicted octanol–water partition coefficient (Wildman–Crippen LogP) is 6.23. The van der Waals surface area contributed by atoms with Crippen LogP contribution in [0.25, 0.3) is 22.0 Å². The number of alkyl halides is 6. The Morgan fingerprint density at radius 1 is 0.953 bits per heavy atom. The van der Waals surface area contributed by atoms with Crippen molar-refractivity contribution >= 4 is 29.3 Å². The Kier molecular flexibility index (Phi) is 7.54. The van der Waals surface area contributed by atoms with Gasteiger partial charge in [-0.1, -0.05) is 42.5 Å². The molecule has 1 aliphatic heterocycles. The van der Waals surface area contributed by atoms with Crippen LogP contribution in [0.4, 0.5) is 35.5 Å². The Morgan fingerprint density at radius 3 is 2.33 bits per heavy atom. The minimum Gasteiger partial charge on any atom is -0.332 e. The molecule has 4 amide bonds. The highest BCUT2D eigenvalue weighted by Gasteiger charge is 2.37. The summed E-state index contributed by atoms with van der Waals surface area (Å²) in [6.07, 6.45) is -9.86. The first-order chi connectivity index (χ1) is 20.3. The molecule has 0 saturated heterocycles. The van der Waals surface area contributed by atoms with Gasteiger partial charge in [-0.05, 0) is 46.5 Å². The lowest BCUT2D eigenvalue weighted by atomic mass is 9.95. The average molecular weight is 604 g/mol. The minimum atomic E-state index is -5.04. The molecule has 0 unspecified atom stereocenters. The molecule has 14 heteroatoms. The van der Waals surface area contributed by atoms with Crippen molar-refractivity contribution in [3.05, 3.63) is 100 Å². The molecule has 3 aromatic carbocycles. The molecule has 5 rings (SSSR count). The summed E-state index contributed by atoms with van der Waals surface area (Å²) in [5.41, 5.74) is -2.68. The van der Waals surface area contributed by atoms with Crippen molar-refractivity contribution in [1.29, 1.82) is 0 Å². The van der Waals surface area contributed by atoms with Crippen LogP contribution < -0.4 is 10.6 Å². The van der Waals surface area contributed by atoms with Crippen LogP contribution in [-0.2, 0) is 23.7 Å². The summed E-state index contributed by atoms with van der Waals surface area (Å²) in [6.45, 7) is -0.0309. The number of para-hydroxylation sites is 1. The first-order valence-corrected chi connectivity index (χ1v) is 12.5. The van der Waals surface area contributed by atoms with Crippen LogP contribution in [0.5, 0.6) is 0 Å². The molecule has 7 nitrogen and oxygen atoms in total. The molecule has 2 N–H and O–H groups in total. The second-order valence-corrected chi connectivity index (χ2v) is 9.65. The molecule has 0 bridgehead atoms. The highest BCUT2D eigenvalue weighted by atomic mass is 19.4. The van der Waals surface area contributed by atoms with E-state index in [1.165, 1.54) is 47.4 Å². The van der Waals surface area contributed by atoms with E-state index in [4.69, 9.17) is 0 Å². The maximum absolute atomic E-state index is 13.7. The topological polar surface area (TPSA) is 91.4 Å². The Bertz CT molecular complexity index is 1740. The summed E-state index contributed by atoms with van der Waals surface area (Å²) in [6, 6.07) is 11.0. The third kappa shape index (κ3) is 5.98. The minimum absolute atomic E-state index is 0.102. The normalized spacial score (nSPS) is 14.0. The third-order valence-electron chi connectivity index (χ3n) is 6.91. The van der Waals surface area contributed by atoms with Crippen LogP contribution in [0.1, 0.15) is 38.8 Å². The molecule has 0 aliphatic carbocycles. The number of carbonyl (C=O) groups excluding carboxylic acids is 3. The van der Waals surface area contributed by atoms with Crippen LogP contribution in [0.3, 0.4) is 0 Å². The van der Waals surface area contributed by atoms with Crippen molar-refractivity contribution in [2.45, 2.75) is 24.9 Å². The summed E-state index contributed by atoms with van der Waals surface area (Å²) in [4.78, 5) is 40.5. The van der Waals surface area contributed by atoms with E-state index in [1.807, 2.05) is 5.32 Å². The van der Waals surface area contributed by atoms with Gasteiger partial charge in [-0.3, -0.25) is 14.9 Å². The third-order valence-corrected chi connectivity index (χ3v) is 6.91. The van der Waals surface area contributed by atoms with Crippen LogP contribution in [-0.4, -0.2) is 34.8 Å². The number of rotatable bonds is 6. The van der Waals surface area contributed by atoms with Crippen molar-refractivity contribution in [2.75, 3.05) is 6.54 Å². The predicted molar refractivity (Wildman–Crippen MR) is 139 cm³/mol. The summed E-state index contributed by atoms with van der Waals surface area (Å²) in [7, 11) is 0. The SMILES string of the molecule is O=CNC(=O)N[C@@H](CN1Cc2ccc(F)cc2C1=O)c1ccc(-c2cc(C(F)(F)F)nc3c(C(F)(F)F)cccc23)cc1. The Balaban J connectivity index is 1.53. The van der Waals surface area contributed by atoms with Gasteiger partial charge in [-0.15, -0.1) is 0 Å². The van der Waals surface area contributed by atoms with Gasteiger partial charge < -0.3 is 10.2 Å². The molecule has 0 spiro atoms. The standard InChI is InChI=1S/C29H19F7N4O3/c30-18-9-8-17-12-40(26(42)21(17)10-18)13-23(38-27(43)37-14-41)16-6-4-15(5-7-16)20-11-24(29(34,35)36)39-25-19(20)2-1-3-22(25)28(31,32)33/h1-11,14,23H,12-13H2,(H2,37,38,41,43)/t23-/m0/s1. The number of nitrogens with zero attached hydrogens (tertiary/aromatic N) is 2. The van der Waals surface area contributed by atoms with Crippen molar-refractivity contribution < 1.29 is 45.1 Å². The summed E-state index contributed by atoms with van der Waals surface area (Å²) in [5.74, 6) is -1.11. The van der Waals surface area contributed by atoms with Crippen LogP contribution in [0, 0.1) is 5.82 Å². The summed E-state index contributed by atoms with van der Waals surface area (Å²) < 4.78 is 95.7. The summed E-state index contributed by atoms with van der Waals surface area (Å²) >= 11 is 0. The number of imide groups is 1. The Hall–Kier alpha value is -5.01. The zero-order chi connectivity index (χ0) is 31.1. The number of nitrogens with one attached hydrogen (secondary N) is 2. The zero-order valence-corrected chi connectivity index (χ0v) is 21.7. The monoisotopic (exact) mass is 604 g/mol. The molecule has 1 aliphatic rings. The van der Waals surface area contributed by atoms with E-state index in [2.05, 4.69) is 10.3 Å². The second-order valence-electron chi connectivity index (χ2n) is 9.65. The molecule has 0 fully saturated rings. The van der Waals surface area contributed by atoms with Gasteiger partial charge in [0.2, 0.25) is 6.41 Å². The fourth-order valence-electron chi connectivity index (χ4n) is 4.95. The van der Waals surface area contributed by atoms with Gasteiger partial charge in [-0.25, -0.2) is 14.2 Å². The Morgan fingerprint density at radius 2 is 1.67 bits per heavy atom. The van der Waals surface area contributed by atoms with E-state index >= 15 is 0 Å². The summed E-state index contributed by atoms with van der Waals surface area (Å²) in [5, 5.41) is 4.28. The van der Waals surface area contributed by atoms with Crippen molar-refractivity contribution in [3.8, 4) is 11.1 Å². The first kappa shape index (κ1) is 29.5. The zero-order valence-electron chi connectivity index (χ0n) is 21.7. The van der Waals surface area contributed by atoms with Crippen molar-refractivity contribution in [2.24, 2.45) is 0 Å². The van der Waals surface area contributed by atoms with Gasteiger partial charge in [0.05, 0.1) is 17.1 Å². The number of hydrogen-bond acceptors (Lipinski definition) is 4. The molecule has 1 atom stereocenters. The number of amides is 4. The van der Waals surface area contributed by atoms with E-state index in [9.17, 15) is 45.1 Å². The van der Waals surface area contributed by atoms with Crippen LogP contribution in [0.15, 0.2) is 66.7 Å². The fourth-order valence-corrected chi connectivity index (χ4v) is 4.95. The average Bonchev–Trinajstić information content (AvgIpc) is 3.25. The number of benzene rings is 3. The van der Waals surface area contributed by atoms with Crippen LogP contribution >= 0.6 is 0 Å². The Labute approximate surface area is 238 Å². The lowest BCUT2D eigenvalue weighted by molar-refractivity contribution is -0.142. The van der Waals surface area contributed by atoms with Crippen LogP contribution in [0.2, 0.25) is 0 Å². The van der Waals surface area contributed by atoms with E-state index in [0.29, 0.717) is 23.3 Å². The molecule has 0 radical (unpaired) electrons. The smallest absolute Gasteiger partial charge is 0.332 e. The van der Waals surface area contributed by atoms with Gasteiger partial charge in [-0.2, -0.15) is 26.3 Å². The fraction of sp³-hybridized carbons (Fsp3) is 0.172. The van der Waals surface area contributed by atoms with E-state index < -0.39 is 52.9 Å². The second kappa shape index (κ2) is 11.0. The number of aromatic nitrogens is 1. The molecular weight excluding hydrogens is 585 g/mol. The number of hydrogen-bond donors (Lipinski definition) is 2. The largest absolute Gasteiger partial charge is 0.433 e. The van der Waals surface area contributed by atoms with Gasteiger partial charge in [0.1, 0.15) is 11.5 Å². The molecule has 1 aromatic heterocycles. The first-order valence-electron chi connectivity index (χ1n) is 12.5. The maximum atomic E-state index is 13.7. The molecule has 0 saturated carbocycles. The number of carbonyl (C=O) groups is 3. The number of halogens is 7. The van der Waals surface area contributed by atoms with E-state index in [-0.39, 0.29) is 41.6 Å². The van der Waals surface area contributed by atoms with Crippen molar-refractivity contribution in [3.63, 3.8) is 0 Å². The molecule has 43 heavy (non-hydrogen) atoms. The molecule has 2 heterocycles. The van der Waals surface area contributed by atoms with E-state index in [0.717, 1.165) is 12.1 Å².